The molecule has 0 fully saturated rings. The number of ether oxygens (including phenoxy) is 1. The van der Waals surface area contributed by atoms with Crippen molar-refractivity contribution in [3.05, 3.63) is 22.2 Å². The van der Waals surface area contributed by atoms with E-state index in [1.54, 1.807) is 6.07 Å². The summed E-state index contributed by atoms with van der Waals surface area (Å²) in [6.45, 7) is 1.85. The number of hydrogen-bond donors (Lipinski definition) is 2. The van der Waals surface area contributed by atoms with Crippen LogP contribution in [0.4, 0.5) is 5.69 Å². The maximum Gasteiger partial charge on any atom is 0.313 e. The third kappa shape index (κ3) is 5.12. The molecule has 0 atom stereocenters. The summed E-state index contributed by atoms with van der Waals surface area (Å²) < 4.78 is 6.07. The Labute approximate surface area is 123 Å². The molecule has 0 aliphatic heterocycles. The molecule has 0 aromatic heterocycles. The Bertz CT molecular complexity index is 493. The van der Waals surface area contributed by atoms with Gasteiger partial charge in [0.15, 0.2) is 0 Å². The lowest BCUT2D eigenvalue weighted by molar-refractivity contribution is -0.133. The van der Waals surface area contributed by atoms with E-state index in [9.17, 15) is 9.59 Å². The molecule has 5 nitrogen and oxygen atoms in total. The second-order valence-corrected chi connectivity index (χ2v) is 5.64. The van der Waals surface area contributed by atoms with Gasteiger partial charge in [0.25, 0.3) is 0 Å². The molecule has 1 aromatic rings. The van der Waals surface area contributed by atoms with Gasteiger partial charge >= 0.3 is 5.97 Å². The SMILES string of the molecule is COc1cc(Br)cc(C)c1NC(=O)CSCC(=O)O. The zero-order valence-corrected chi connectivity index (χ0v) is 12.9. The van der Waals surface area contributed by atoms with E-state index in [2.05, 4.69) is 21.2 Å². The van der Waals surface area contributed by atoms with E-state index in [4.69, 9.17) is 9.84 Å². The van der Waals surface area contributed by atoms with Gasteiger partial charge in [0, 0.05) is 4.47 Å². The van der Waals surface area contributed by atoms with Gasteiger partial charge in [-0.05, 0) is 24.6 Å². The highest BCUT2D eigenvalue weighted by atomic mass is 79.9. The summed E-state index contributed by atoms with van der Waals surface area (Å²) in [6, 6.07) is 3.62. The number of aliphatic carboxylic acids is 1. The molecule has 0 unspecified atom stereocenters. The van der Waals surface area contributed by atoms with Crippen LogP contribution < -0.4 is 10.1 Å². The number of carboxylic acid groups (broad SMARTS) is 1. The van der Waals surface area contributed by atoms with E-state index < -0.39 is 5.97 Å². The monoisotopic (exact) mass is 347 g/mol. The number of anilines is 1. The summed E-state index contributed by atoms with van der Waals surface area (Å²) in [6.07, 6.45) is 0. The minimum atomic E-state index is -0.935. The molecule has 104 valence electrons. The molecule has 1 amide bonds. The van der Waals surface area contributed by atoms with Gasteiger partial charge in [-0.2, -0.15) is 0 Å². The Morgan fingerprint density at radius 3 is 2.68 bits per heavy atom. The Balaban J connectivity index is 2.71. The number of amides is 1. The van der Waals surface area contributed by atoms with Gasteiger partial charge in [0.1, 0.15) is 5.75 Å². The maximum absolute atomic E-state index is 11.7. The lowest BCUT2D eigenvalue weighted by Gasteiger charge is -2.13. The number of nitrogens with one attached hydrogen (secondary N) is 1. The van der Waals surface area contributed by atoms with Crippen molar-refractivity contribution in [1.82, 2.24) is 0 Å². The van der Waals surface area contributed by atoms with Crippen LogP contribution in [0.2, 0.25) is 0 Å². The maximum atomic E-state index is 11.7. The topological polar surface area (TPSA) is 75.6 Å². The van der Waals surface area contributed by atoms with Crippen molar-refractivity contribution in [2.75, 3.05) is 23.9 Å². The van der Waals surface area contributed by atoms with E-state index in [0.717, 1.165) is 21.8 Å². The van der Waals surface area contributed by atoms with E-state index in [1.807, 2.05) is 13.0 Å². The molecule has 1 aromatic carbocycles. The number of rotatable bonds is 6. The molecule has 0 bridgehead atoms. The van der Waals surface area contributed by atoms with E-state index >= 15 is 0 Å². The number of benzene rings is 1. The molecule has 1 rings (SSSR count). The lowest BCUT2D eigenvalue weighted by Crippen LogP contribution is -2.16. The van der Waals surface area contributed by atoms with Gasteiger partial charge in [0.05, 0.1) is 24.3 Å². The molecule has 2 N–H and O–H groups in total. The molecular formula is C12H14BrNO4S. The van der Waals surface area contributed by atoms with Gasteiger partial charge in [-0.3, -0.25) is 9.59 Å². The van der Waals surface area contributed by atoms with Crippen LogP contribution in [0.5, 0.6) is 5.75 Å². The lowest BCUT2D eigenvalue weighted by atomic mass is 10.2. The summed E-state index contributed by atoms with van der Waals surface area (Å²) in [7, 11) is 1.52. The fourth-order valence-electron chi connectivity index (χ4n) is 1.44. The first-order chi connectivity index (χ1) is 8.93. The van der Waals surface area contributed by atoms with Gasteiger partial charge in [-0.25, -0.2) is 0 Å². The van der Waals surface area contributed by atoms with E-state index in [0.29, 0.717) is 11.4 Å². The van der Waals surface area contributed by atoms with Gasteiger partial charge in [0.2, 0.25) is 5.91 Å². The van der Waals surface area contributed by atoms with Crippen LogP contribution in [0.1, 0.15) is 5.56 Å². The number of thioether (sulfide) groups is 1. The molecule has 0 aliphatic carbocycles. The number of methoxy groups -OCH3 is 1. The van der Waals surface area contributed by atoms with Crippen molar-refractivity contribution in [2.45, 2.75) is 6.92 Å². The molecule has 0 radical (unpaired) electrons. The van der Waals surface area contributed by atoms with Crippen molar-refractivity contribution in [3.8, 4) is 5.75 Å². The smallest absolute Gasteiger partial charge is 0.313 e. The molecule has 7 heteroatoms. The second-order valence-electron chi connectivity index (χ2n) is 3.73. The summed E-state index contributed by atoms with van der Waals surface area (Å²) in [4.78, 5) is 22.1. The van der Waals surface area contributed by atoms with Crippen LogP contribution in [0.25, 0.3) is 0 Å². The fourth-order valence-corrected chi connectivity index (χ4v) is 2.53. The van der Waals surface area contributed by atoms with Crippen LogP contribution >= 0.6 is 27.7 Å². The van der Waals surface area contributed by atoms with Gasteiger partial charge < -0.3 is 15.2 Å². The minimum Gasteiger partial charge on any atom is -0.495 e. The molecule has 19 heavy (non-hydrogen) atoms. The van der Waals surface area contributed by atoms with Crippen molar-refractivity contribution < 1.29 is 19.4 Å². The Morgan fingerprint density at radius 2 is 2.11 bits per heavy atom. The number of carbonyl (C=O) groups excluding carboxylic acids is 1. The van der Waals surface area contributed by atoms with Crippen molar-refractivity contribution >= 4 is 45.3 Å². The number of hydrogen-bond acceptors (Lipinski definition) is 4. The average Bonchev–Trinajstić information content (AvgIpc) is 2.31. The van der Waals surface area contributed by atoms with E-state index in [1.165, 1.54) is 7.11 Å². The fraction of sp³-hybridized carbons (Fsp3) is 0.333. The van der Waals surface area contributed by atoms with Crippen LogP contribution in [0, 0.1) is 6.92 Å². The van der Waals surface area contributed by atoms with Crippen LogP contribution in [0.3, 0.4) is 0 Å². The van der Waals surface area contributed by atoms with Crippen LogP contribution in [-0.4, -0.2) is 35.6 Å². The Hall–Kier alpha value is -1.21. The van der Waals surface area contributed by atoms with Crippen molar-refractivity contribution in [1.29, 1.82) is 0 Å². The van der Waals surface area contributed by atoms with Gasteiger partial charge in [-0.15, -0.1) is 11.8 Å². The van der Waals surface area contributed by atoms with Crippen molar-refractivity contribution in [2.24, 2.45) is 0 Å². The van der Waals surface area contributed by atoms with Crippen molar-refractivity contribution in [3.63, 3.8) is 0 Å². The number of aryl methyl sites for hydroxylation is 1. The van der Waals surface area contributed by atoms with Gasteiger partial charge in [-0.1, -0.05) is 15.9 Å². The normalized spacial score (nSPS) is 10.1. The highest BCUT2D eigenvalue weighted by molar-refractivity contribution is 9.10. The van der Waals surface area contributed by atoms with Crippen LogP contribution in [-0.2, 0) is 9.59 Å². The molecule has 0 heterocycles. The largest absolute Gasteiger partial charge is 0.495 e. The molecule has 0 saturated carbocycles. The highest BCUT2D eigenvalue weighted by Crippen LogP contribution is 2.32. The van der Waals surface area contributed by atoms with E-state index in [-0.39, 0.29) is 17.4 Å². The Morgan fingerprint density at radius 1 is 1.42 bits per heavy atom. The zero-order valence-electron chi connectivity index (χ0n) is 10.5. The predicted molar refractivity (Wildman–Crippen MR) is 79.0 cm³/mol. The summed E-state index contributed by atoms with van der Waals surface area (Å²) in [5.41, 5.74) is 1.47. The quantitative estimate of drug-likeness (QED) is 0.826. The number of carboxylic acids is 1. The highest BCUT2D eigenvalue weighted by Gasteiger charge is 2.12. The first-order valence-corrected chi connectivity index (χ1v) is 7.32. The second kappa shape index (κ2) is 7.40. The third-order valence-corrected chi connectivity index (χ3v) is 3.58. The summed E-state index contributed by atoms with van der Waals surface area (Å²) >= 11 is 4.40. The molecule has 0 saturated heterocycles. The predicted octanol–water partition coefficient (Wildman–Crippen LogP) is 2.52. The average molecular weight is 348 g/mol. The first kappa shape index (κ1) is 15.8. The number of carbonyl (C=O) groups is 2. The summed E-state index contributed by atoms with van der Waals surface area (Å²) in [5.74, 6) is -0.636. The standard InChI is InChI=1S/C12H14BrNO4S/c1-7-3-8(13)4-9(18-2)12(7)14-10(15)5-19-6-11(16)17/h3-4H,5-6H2,1-2H3,(H,14,15)(H,16,17). The number of halogens is 1. The molecule has 0 aliphatic rings. The zero-order chi connectivity index (χ0) is 14.4. The first-order valence-electron chi connectivity index (χ1n) is 5.37. The Kier molecular flexibility index (Phi) is 6.17. The molecular weight excluding hydrogens is 334 g/mol. The third-order valence-electron chi connectivity index (χ3n) is 2.21. The summed E-state index contributed by atoms with van der Waals surface area (Å²) in [5, 5.41) is 11.2. The molecule has 0 spiro atoms. The minimum absolute atomic E-state index is 0.0883. The van der Waals surface area contributed by atoms with Crippen LogP contribution in [0.15, 0.2) is 16.6 Å².